The van der Waals surface area contributed by atoms with E-state index in [-0.39, 0.29) is 0 Å². The third-order valence-electron chi connectivity index (χ3n) is 1.94. The monoisotopic (exact) mass is 286 g/mol. The lowest BCUT2D eigenvalue weighted by atomic mass is 10.2. The van der Waals surface area contributed by atoms with E-state index in [4.69, 9.17) is 17.3 Å². The molecular weight excluding hydrogens is 279 g/mol. The van der Waals surface area contributed by atoms with Crippen molar-refractivity contribution in [2.75, 3.05) is 0 Å². The van der Waals surface area contributed by atoms with Crippen molar-refractivity contribution in [2.24, 2.45) is 5.73 Å². The number of nitrogens with two attached hydrogens (primary N) is 1. The smallest absolute Gasteiger partial charge is 0.172 e. The molecule has 0 aromatic carbocycles. The summed E-state index contributed by atoms with van der Waals surface area (Å²) in [6, 6.07) is 1.80. The fourth-order valence-corrected chi connectivity index (χ4v) is 1.77. The van der Waals surface area contributed by atoms with E-state index in [1.807, 2.05) is 0 Å². The zero-order chi connectivity index (χ0) is 10.8. The van der Waals surface area contributed by atoms with Crippen LogP contribution in [0.3, 0.4) is 0 Å². The van der Waals surface area contributed by atoms with Gasteiger partial charge < -0.3 is 5.73 Å². The van der Waals surface area contributed by atoms with Crippen molar-refractivity contribution < 1.29 is 0 Å². The quantitative estimate of drug-likeness (QED) is 0.920. The normalized spacial score (nSPS) is 10.6. The van der Waals surface area contributed by atoms with Crippen LogP contribution in [0.4, 0.5) is 0 Å². The molecule has 0 saturated heterocycles. The minimum atomic E-state index is 0.386. The Bertz CT molecular complexity index is 483. The Labute approximate surface area is 100 Å². The summed E-state index contributed by atoms with van der Waals surface area (Å²) in [4.78, 5) is 4.16. The second kappa shape index (κ2) is 4.30. The Kier molecular flexibility index (Phi) is 3.04. The molecule has 2 N–H and O–H groups in total. The van der Waals surface area contributed by atoms with Crippen LogP contribution in [0.2, 0.25) is 5.02 Å². The van der Waals surface area contributed by atoms with Gasteiger partial charge in [-0.15, -0.1) is 0 Å². The summed E-state index contributed by atoms with van der Waals surface area (Å²) < 4.78 is 2.48. The molecule has 0 spiro atoms. The van der Waals surface area contributed by atoms with Crippen molar-refractivity contribution in [1.82, 2.24) is 14.8 Å². The van der Waals surface area contributed by atoms with Crippen LogP contribution >= 0.6 is 27.5 Å². The van der Waals surface area contributed by atoms with Crippen LogP contribution in [-0.4, -0.2) is 14.8 Å². The average molecular weight is 288 g/mol. The van der Waals surface area contributed by atoms with Gasteiger partial charge in [-0.05, 0) is 27.6 Å². The van der Waals surface area contributed by atoms with Gasteiger partial charge in [0, 0.05) is 18.9 Å². The van der Waals surface area contributed by atoms with E-state index in [1.54, 1.807) is 29.3 Å². The van der Waals surface area contributed by atoms with E-state index >= 15 is 0 Å². The van der Waals surface area contributed by atoms with Crippen molar-refractivity contribution in [3.8, 4) is 5.82 Å². The Morgan fingerprint density at radius 2 is 2.33 bits per heavy atom. The first-order chi connectivity index (χ1) is 7.22. The summed E-state index contributed by atoms with van der Waals surface area (Å²) in [6.07, 6.45) is 5.13. The summed E-state index contributed by atoms with van der Waals surface area (Å²) in [5.41, 5.74) is 6.41. The van der Waals surface area contributed by atoms with Crippen LogP contribution in [-0.2, 0) is 6.54 Å². The molecule has 0 unspecified atom stereocenters. The van der Waals surface area contributed by atoms with Gasteiger partial charge in [0.25, 0.3) is 0 Å². The molecule has 0 aliphatic carbocycles. The molecule has 15 heavy (non-hydrogen) atoms. The van der Waals surface area contributed by atoms with Gasteiger partial charge in [-0.1, -0.05) is 11.6 Å². The van der Waals surface area contributed by atoms with Crippen molar-refractivity contribution in [3.05, 3.63) is 39.7 Å². The lowest BCUT2D eigenvalue weighted by Gasteiger charge is -2.06. The molecule has 0 atom stereocenters. The highest BCUT2D eigenvalue weighted by Crippen LogP contribution is 2.22. The Morgan fingerprint density at radius 3 is 2.93 bits per heavy atom. The van der Waals surface area contributed by atoms with Crippen LogP contribution in [0.1, 0.15) is 5.56 Å². The van der Waals surface area contributed by atoms with Gasteiger partial charge >= 0.3 is 0 Å². The molecule has 2 aromatic rings. The fourth-order valence-electron chi connectivity index (χ4n) is 1.21. The largest absolute Gasteiger partial charge is 0.326 e. The van der Waals surface area contributed by atoms with Gasteiger partial charge in [-0.3, -0.25) is 0 Å². The molecule has 0 bridgehead atoms. The molecule has 2 rings (SSSR count). The van der Waals surface area contributed by atoms with E-state index in [2.05, 4.69) is 26.0 Å². The lowest BCUT2D eigenvalue weighted by molar-refractivity contribution is 0.841. The van der Waals surface area contributed by atoms with E-state index in [1.165, 1.54) is 0 Å². The SMILES string of the molecule is NCc1ccnc(-n2cc(Br)cn2)c1Cl. The molecule has 6 heteroatoms. The third-order valence-corrected chi connectivity index (χ3v) is 2.76. The summed E-state index contributed by atoms with van der Waals surface area (Å²) in [5.74, 6) is 0.588. The van der Waals surface area contributed by atoms with Crippen molar-refractivity contribution in [2.45, 2.75) is 6.54 Å². The van der Waals surface area contributed by atoms with Gasteiger partial charge in [-0.2, -0.15) is 5.10 Å². The van der Waals surface area contributed by atoms with E-state index in [0.717, 1.165) is 10.0 Å². The molecule has 2 heterocycles. The van der Waals surface area contributed by atoms with Crippen LogP contribution in [0.25, 0.3) is 5.82 Å². The van der Waals surface area contributed by atoms with Gasteiger partial charge in [0.05, 0.1) is 15.7 Å². The molecule has 0 saturated carbocycles. The molecule has 0 aliphatic heterocycles. The summed E-state index contributed by atoms with van der Waals surface area (Å²) >= 11 is 9.44. The number of pyridine rings is 1. The average Bonchev–Trinajstić information content (AvgIpc) is 2.65. The zero-order valence-electron chi connectivity index (χ0n) is 7.69. The first kappa shape index (κ1) is 10.6. The second-order valence-corrected chi connectivity index (χ2v) is 4.21. The second-order valence-electron chi connectivity index (χ2n) is 2.91. The maximum absolute atomic E-state index is 6.13. The predicted octanol–water partition coefficient (Wildman–Crippen LogP) is 2.14. The standard InChI is InChI=1S/C9H8BrClN4/c10-7-4-14-15(5-7)9-8(11)6(3-12)1-2-13-9/h1-2,4-5H,3,12H2. The van der Waals surface area contributed by atoms with Crippen LogP contribution in [0, 0.1) is 0 Å². The summed E-state index contributed by atoms with van der Waals surface area (Å²) in [5, 5.41) is 4.64. The van der Waals surface area contributed by atoms with Crippen molar-refractivity contribution in [1.29, 1.82) is 0 Å². The fraction of sp³-hybridized carbons (Fsp3) is 0.111. The molecule has 2 aromatic heterocycles. The number of aromatic nitrogens is 3. The minimum Gasteiger partial charge on any atom is -0.326 e. The third kappa shape index (κ3) is 2.04. The lowest BCUT2D eigenvalue weighted by Crippen LogP contribution is -2.04. The Hall–Kier alpha value is -0.910. The van der Waals surface area contributed by atoms with E-state index in [9.17, 15) is 0 Å². The highest BCUT2D eigenvalue weighted by atomic mass is 79.9. The number of hydrogen-bond donors (Lipinski definition) is 1. The number of hydrogen-bond acceptors (Lipinski definition) is 3. The highest BCUT2D eigenvalue weighted by Gasteiger charge is 2.09. The topological polar surface area (TPSA) is 56.7 Å². The number of rotatable bonds is 2. The first-order valence-electron chi connectivity index (χ1n) is 4.26. The molecule has 0 fully saturated rings. The molecule has 0 amide bonds. The minimum absolute atomic E-state index is 0.386. The van der Waals surface area contributed by atoms with Crippen LogP contribution in [0.15, 0.2) is 29.1 Å². The molecular formula is C9H8BrClN4. The number of nitrogens with zero attached hydrogens (tertiary/aromatic N) is 3. The molecule has 78 valence electrons. The molecule has 0 aliphatic rings. The highest BCUT2D eigenvalue weighted by molar-refractivity contribution is 9.10. The van der Waals surface area contributed by atoms with E-state index < -0.39 is 0 Å². The summed E-state index contributed by atoms with van der Waals surface area (Å²) in [7, 11) is 0. The van der Waals surface area contributed by atoms with Gasteiger partial charge in [0.1, 0.15) is 0 Å². The van der Waals surface area contributed by atoms with Crippen LogP contribution in [0.5, 0.6) is 0 Å². The van der Waals surface area contributed by atoms with Crippen molar-refractivity contribution >= 4 is 27.5 Å². The van der Waals surface area contributed by atoms with Gasteiger partial charge in [0.2, 0.25) is 0 Å². The first-order valence-corrected chi connectivity index (χ1v) is 5.43. The predicted molar refractivity (Wildman–Crippen MR) is 62.0 cm³/mol. The van der Waals surface area contributed by atoms with E-state index in [0.29, 0.717) is 17.4 Å². The van der Waals surface area contributed by atoms with Crippen molar-refractivity contribution in [3.63, 3.8) is 0 Å². The molecule has 4 nitrogen and oxygen atoms in total. The van der Waals surface area contributed by atoms with Gasteiger partial charge in [0.15, 0.2) is 5.82 Å². The van der Waals surface area contributed by atoms with Crippen LogP contribution < -0.4 is 5.73 Å². The summed E-state index contributed by atoms with van der Waals surface area (Å²) in [6.45, 7) is 0.386. The Morgan fingerprint density at radius 1 is 1.53 bits per heavy atom. The van der Waals surface area contributed by atoms with Gasteiger partial charge in [-0.25, -0.2) is 9.67 Å². The maximum Gasteiger partial charge on any atom is 0.172 e. The maximum atomic E-state index is 6.13. The Balaban J connectivity index is 2.53. The zero-order valence-corrected chi connectivity index (χ0v) is 10.0. The number of halogens is 2. The molecule has 0 radical (unpaired) electrons.